The molecule has 1 aromatic rings. The molecule has 1 N–H and O–H groups in total. The van der Waals surface area contributed by atoms with E-state index < -0.39 is 0 Å². The van der Waals surface area contributed by atoms with Gasteiger partial charge in [-0.05, 0) is 44.5 Å². The van der Waals surface area contributed by atoms with E-state index in [1.165, 1.54) is 0 Å². The molecular weight excluding hydrogens is 272 g/mol. The number of hydrogen-bond donors (Lipinski definition) is 1. The van der Waals surface area contributed by atoms with Gasteiger partial charge in [0.25, 0.3) is 5.91 Å². The highest BCUT2D eigenvalue weighted by Crippen LogP contribution is 2.52. The quantitative estimate of drug-likeness (QED) is 0.669. The van der Waals surface area contributed by atoms with E-state index in [4.69, 9.17) is 5.11 Å². The second kappa shape index (κ2) is 4.60. The molecule has 2 fully saturated rings. The van der Waals surface area contributed by atoms with Crippen LogP contribution >= 0.6 is 11.8 Å². The zero-order valence-corrected chi connectivity index (χ0v) is 12.6. The minimum atomic E-state index is -0.0129. The Bertz CT molecular complexity index is 597. The van der Waals surface area contributed by atoms with E-state index in [1.807, 2.05) is 28.8 Å². The van der Waals surface area contributed by atoms with Gasteiger partial charge in [0.15, 0.2) is 0 Å². The predicted molar refractivity (Wildman–Crippen MR) is 79.9 cm³/mol. The molecule has 0 bridgehead atoms. The number of aliphatic hydroxyl groups excluding tert-OH is 1. The van der Waals surface area contributed by atoms with Crippen molar-refractivity contribution in [3.05, 3.63) is 35.2 Å². The normalized spacial score (nSPS) is 29.5. The van der Waals surface area contributed by atoms with E-state index in [-0.39, 0.29) is 28.7 Å². The lowest BCUT2D eigenvalue weighted by Gasteiger charge is -2.39. The van der Waals surface area contributed by atoms with Gasteiger partial charge in [0, 0.05) is 17.0 Å². The Morgan fingerprint density at radius 1 is 1.55 bits per heavy atom. The van der Waals surface area contributed by atoms with Crippen LogP contribution in [-0.2, 0) is 11.4 Å². The first-order valence-electron chi connectivity index (χ1n) is 6.72. The third kappa shape index (κ3) is 1.96. The minimum absolute atomic E-state index is 0.0129. The molecule has 2 saturated heterocycles. The third-order valence-electron chi connectivity index (χ3n) is 4.17. The van der Waals surface area contributed by atoms with Crippen LogP contribution in [0.3, 0.4) is 0 Å². The molecule has 1 unspecified atom stereocenters. The van der Waals surface area contributed by atoms with E-state index >= 15 is 0 Å². The third-order valence-corrected chi connectivity index (χ3v) is 5.82. The topological polar surface area (TPSA) is 53.4 Å². The van der Waals surface area contributed by atoms with Gasteiger partial charge in [-0.15, -0.1) is 11.8 Å². The van der Waals surface area contributed by atoms with E-state index in [0.29, 0.717) is 0 Å². The van der Waals surface area contributed by atoms with Crippen molar-refractivity contribution in [1.82, 2.24) is 9.88 Å². The van der Waals surface area contributed by atoms with Gasteiger partial charge in [0.05, 0.1) is 17.9 Å². The first kappa shape index (κ1) is 13.6. The number of pyridine rings is 1. The average molecular weight is 290 g/mol. The van der Waals surface area contributed by atoms with Gasteiger partial charge >= 0.3 is 0 Å². The fourth-order valence-corrected chi connectivity index (χ4v) is 4.20. The largest absolute Gasteiger partial charge is 0.392 e. The maximum Gasteiger partial charge on any atom is 0.254 e. The molecular formula is C15H18N2O2S. The van der Waals surface area contributed by atoms with Gasteiger partial charge in [-0.2, -0.15) is 0 Å². The number of rotatable bonds is 2. The summed E-state index contributed by atoms with van der Waals surface area (Å²) >= 11 is 1.83. The van der Waals surface area contributed by atoms with Crippen molar-refractivity contribution in [3.8, 4) is 0 Å². The summed E-state index contributed by atoms with van der Waals surface area (Å²) in [5.74, 6) is 0.108. The maximum atomic E-state index is 12.3. The van der Waals surface area contributed by atoms with E-state index in [2.05, 4.69) is 25.8 Å². The van der Waals surface area contributed by atoms with Crippen LogP contribution in [0.2, 0.25) is 0 Å². The summed E-state index contributed by atoms with van der Waals surface area (Å²) < 4.78 is 0.0797. The van der Waals surface area contributed by atoms with Crippen LogP contribution in [0, 0.1) is 0 Å². The number of amides is 1. The SMILES string of the molecule is C[C@@H]1N2C(=O)/C(=C/c3cc(CO)ccn3)C2SC1(C)C. The minimum Gasteiger partial charge on any atom is -0.392 e. The number of aromatic nitrogens is 1. The van der Waals surface area contributed by atoms with Crippen molar-refractivity contribution in [2.24, 2.45) is 0 Å². The summed E-state index contributed by atoms with van der Waals surface area (Å²) in [6.07, 6.45) is 3.51. The van der Waals surface area contributed by atoms with Crippen LogP contribution < -0.4 is 0 Å². The van der Waals surface area contributed by atoms with Crippen LogP contribution in [0.4, 0.5) is 0 Å². The van der Waals surface area contributed by atoms with E-state index in [9.17, 15) is 4.79 Å². The second-order valence-corrected chi connectivity index (χ2v) is 7.54. The Balaban J connectivity index is 1.89. The molecule has 20 heavy (non-hydrogen) atoms. The number of carbonyl (C=O) groups excluding carboxylic acids is 1. The summed E-state index contributed by atoms with van der Waals surface area (Å²) in [6, 6.07) is 3.84. The van der Waals surface area contributed by atoms with Gasteiger partial charge in [-0.3, -0.25) is 9.78 Å². The molecule has 0 aromatic carbocycles. The van der Waals surface area contributed by atoms with Crippen LogP contribution in [-0.4, -0.2) is 37.1 Å². The molecule has 0 saturated carbocycles. The highest BCUT2D eigenvalue weighted by molar-refractivity contribution is 8.01. The van der Waals surface area contributed by atoms with Gasteiger partial charge in [0.2, 0.25) is 0 Å². The van der Waals surface area contributed by atoms with Crippen LogP contribution in [0.5, 0.6) is 0 Å². The molecule has 4 nitrogen and oxygen atoms in total. The Labute approximate surface area is 122 Å². The lowest BCUT2D eigenvalue weighted by atomic mass is 9.96. The van der Waals surface area contributed by atoms with Gasteiger partial charge in [-0.1, -0.05) is 0 Å². The molecule has 0 spiro atoms. The molecule has 3 heterocycles. The first-order chi connectivity index (χ1) is 9.44. The Kier molecular flexibility index (Phi) is 3.14. The van der Waals surface area contributed by atoms with Crippen LogP contribution in [0.1, 0.15) is 32.0 Å². The van der Waals surface area contributed by atoms with Crippen molar-refractivity contribution in [2.75, 3.05) is 0 Å². The van der Waals surface area contributed by atoms with Crippen molar-refractivity contribution in [3.63, 3.8) is 0 Å². The summed E-state index contributed by atoms with van der Waals surface area (Å²) in [6.45, 7) is 6.44. The maximum absolute atomic E-state index is 12.3. The zero-order chi connectivity index (χ0) is 14.5. The first-order valence-corrected chi connectivity index (χ1v) is 7.60. The molecule has 0 radical (unpaired) electrons. The average Bonchev–Trinajstić information content (AvgIpc) is 2.64. The van der Waals surface area contributed by atoms with Gasteiger partial charge < -0.3 is 10.0 Å². The summed E-state index contributed by atoms with van der Waals surface area (Å²) in [4.78, 5) is 18.5. The molecule has 2 atom stereocenters. The number of thioether (sulfide) groups is 1. The predicted octanol–water partition coefficient (Wildman–Crippen LogP) is 2.04. The summed E-state index contributed by atoms with van der Waals surface area (Å²) in [5.41, 5.74) is 2.36. The second-order valence-electron chi connectivity index (χ2n) is 5.81. The number of fused-ring (bicyclic) bond motifs is 1. The zero-order valence-electron chi connectivity index (χ0n) is 11.8. The van der Waals surface area contributed by atoms with Crippen molar-refractivity contribution in [1.29, 1.82) is 0 Å². The lowest BCUT2D eigenvalue weighted by Crippen LogP contribution is -2.54. The van der Waals surface area contributed by atoms with Crippen molar-refractivity contribution in [2.45, 2.75) is 43.5 Å². The lowest BCUT2D eigenvalue weighted by molar-refractivity contribution is -0.135. The molecule has 3 rings (SSSR count). The Hall–Kier alpha value is -1.33. The number of hydrogen-bond acceptors (Lipinski definition) is 4. The Morgan fingerprint density at radius 2 is 2.30 bits per heavy atom. The van der Waals surface area contributed by atoms with Crippen LogP contribution in [0.15, 0.2) is 23.9 Å². The number of nitrogens with zero attached hydrogens (tertiary/aromatic N) is 2. The standard InChI is InChI=1S/C15H18N2O2S/c1-9-15(2,3)20-14-12(13(19)17(9)14)7-11-6-10(8-18)4-5-16-11/h4-7,9,14,18H,8H2,1-3H3/b12-7-/t9-,14?/m0/s1. The summed E-state index contributed by atoms with van der Waals surface area (Å²) in [7, 11) is 0. The molecule has 2 aliphatic heterocycles. The molecule has 106 valence electrons. The fraction of sp³-hybridized carbons (Fsp3) is 0.467. The van der Waals surface area contributed by atoms with Crippen LogP contribution in [0.25, 0.3) is 6.08 Å². The fourth-order valence-electron chi connectivity index (χ4n) is 2.63. The molecule has 5 heteroatoms. The molecule has 2 aliphatic rings. The molecule has 1 aromatic heterocycles. The molecule has 1 amide bonds. The van der Waals surface area contributed by atoms with Crippen molar-refractivity contribution >= 4 is 23.7 Å². The smallest absolute Gasteiger partial charge is 0.254 e. The summed E-state index contributed by atoms with van der Waals surface area (Å²) in [5, 5.41) is 9.29. The molecule has 0 aliphatic carbocycles. The highest BCUT2D eigenvalue weighted by Gasteiger charge is 2.56. The van der Waals surface area contributed by atoms with E-state index in [1.54, 1.807) is 12.3 Å². The van der Waals surface area contributed by atoms with Gasteiger partial charge in [-0.25, -0.2) is 0 Å². The number of carbonyl (C=O) groups is 1. The number of aliphatic hydroxyl groups is 1. The monoisotopic (exact) mass is 290 g/mol. The van der Waals surface area contributed by atoms with E-state index in [0.717, 1.165) is 16.8 Å². The number of β-lactam (4-membered cyclic amide) rings is 1. The van der Waals surface area contributed by atoms with Crippen molar-refractivity contribution < 1.29 is 9.90 Å². The van der Waals surface area contributed by atoms with Gasteiger partial charge in [0.1, 0.15) is 5.37 Å². The Morgan fingerprint density at radius 3 is 3.00 bits per heavy atom. The highest BCUT2D eigenvalue weighted by atomic mass is 32.2.